The SMILES string of the molecule is Cc1ccccc1OCCCC(=O)NCCCCc1ccccc1. The molecule has 2 aromatic carbocycles. The average Bonchev–Trinajstić information content (AvgIpc) is 2.61. The van der Waals surface area contributed by atoms with Crippen LogP contribution in [0.15, 0.2) is 54.6 Å². The second kappa shape index (κ2) is 10.5. The first-order valence-electron chi connectivity index (χ1n) is 8.75. The standard InChI is InChI=1S/C21H27NO2/c1-18-10-5-6-14-20(18)24-17-9-15-21(23)22-16-8-7-13-19-11-3-2-4-12-19/h2-6,10-12,14H,7-9,13,15-17H2,1H3,(H,22,23). The van der Waals surface area contributed by atoms with Crippen molar-refractivity contribution in [3.63, 3.8) is 0 Å². The third-order valence-corrected chi connectivity index (χ3v) is 3.96. The van der Waals surface area contributed by atoms with Crippen LogP contribution in [0.3, 0.4) is 0 Å². The zero-order chi connectivity index (χ0) is 17.0. The number of hydrogen-bond acceptors (Lipinski definition) is 2. The fourth-order valence-electron chi connectivity index (χ4n) is 2.55. The van der Waals surface area contributed by atoms with Gasteiger partial charge in [-0.05, 0) is 49.8 Å². The molecule has 0 radical (unpaired) electrons. The Bertz CT molecular complexity index is 610. The Kier molecular flexibility index (Phi) is 7.88. The number of amides is 1. The molecule has 1 amide bonds. The fraction of sp³-hybridized carbons (Fsp3) is 0.381. The highest BCUT2D eigenvalue weighted by molar-refractivity contribution is 5.75. The Hall–Kier alpha value is -2.29. The summed E-state index contributed by atoms with van der Waals surface area (Å²) in [4.78, 5) is 11.8. The summed E-state index contributed by atoms with van der Waals surface area (Å²) < 4.78 is 5.70. The van der Waals surface area contributed by atoms with Crippen molar-refractivity contribution in [2.45, 2.75) is 39.0 Å². The molecule has 2 rings (SSSR count). The number of rotatable bonds is 10. The van der Waals surface area contributed by atoms with E-state index in [9.17, 15) is 4.79 Å². The van der Waals surface area contributed by atoms with Gasteiger partial charge in [0.15, 0.2) is 0 Å². The average molecular weight is 325 g/mol. The van der Waals surface area contributed by atoms with Gasteiger partial charge in [0, 0.05) is 13.0 Å². The second-order valence-electron chi connectivity index (χ2n) is 6.01. The van der Waals surface area contributed by atoms with Gasteiger partial charge in [-0.3, -0.25) is 4.79 Å². The number of carbonyl (C=O) groups is 1. The minimum absolute atomic E-state index is 0.114. The maximum absolute atomic E-state index is 11.8. The zero-order valence-corrected chi connectivity index (χ0v) is 14.5. The van der Waals surface area contributed by atoms with E-state index in [0.29, 0.717) is 13.0 Å². The molecule has 0 bridgehead atoms. The molecule has 0 aliphatic rings. The Morgan fingerprint density at radius 2 is 1.71 bits per heavy atom. The van der Waals surface area contributed by atoms with E-state index in [1.807, 2.05) is 37.3 Å². The highest BCUT2D eigenvalue weighted by Gasteiger charge is 2.02. The van der Waals surface area contributed by atoms with E-state index < -0.39 is 0 Å². The molecule has 0 aliphatic carbocycles. The molecule has 0 saturated carbocycles. The molecule has 0 saturated heterocycles. The van der Waals surface area contributed by atoms with Gasteiger partial charge in [0.25, 0.3) is 0 Å². The number of hydrogen-bond donors (Lipinski definition) is 1. The molecular weight excluding hydrogens is 298 g/mol. The van der Waals surface area contributed by atoms with Crippen LogP contribution in [0.25, 0.3) is 0 Å². The summed E-state index contributed by atoms with van der Waals surface area (Å²) in [6.45, 7) is 3.36. The van der Waals surface area contributed by atoms with Gasteiger partial charge in [0.05, 0.1) is 6.61 Å². The fourth-order valence-corrected chi connectivity index (χ4v) is 2.55. The Labute approximate surface area is 145 Å². The molecule has 0 heterocycles. The summed E-state index contributed by atoms with van der Waals surface area (Å²) in [5, 5.41) is 2.98. The van der Waals surface area contributed by atoms with Crippen LogP contribution in [-0.4, -0.2) is 19.1 Å². The van der Waals surface area contributed by atoms with E-state index >= 15 is 0 Å². The number of benzene rings is 2. The Morgan fingerprint density at radius 1 is 0.958 bits per heavy atom. The van der Waals surface area contributed by atoms with Crippen LogP contribution in [0.5, 0.6) is 5.75 Å². The Balaban J connectivity index is 1.49. The van der Waals surface area contributed by atoms with E-state index in [4.69, 9.17) is 4.74 Å². The van der Waals surface area contributed by atoms with Crippen molar-refractivity contribution in [2.24, 2.45) is 0 Å². The summed E-state index contributed by atoms with van der Waals surface area (Å²) in [7, 11) is 0. The molecule has 3 nitrogen and oxygen atoms in total. The van der Waals surface area contributed by atoms with Gasteiger partial charge in [0.2, 0.25) is 5.91 Å². The first-order chi connectivity index (χ1) is 11.8. The van der Waals surface area contributed by atoms with Crippen LogP contribution in [0, 0.1) is 6.92 Å². The van der Waals surface area contributed by atoms with Gasteiger partial charge in [-0.1, -0.05) is 48.5 Å². The smallest absolute Gasteiger partial charge is 0.220 e. The number of carbonyl (C=O) groups excluding carboxylic acids is 1. The largest absolute Gasteiger partial charge is 0.493 e. The van der Waals surface area contributed by atoms with Crippen molar-refractivity contribution >= 4 is 5.91 Å². The molecule has 24 heavy (non-hydrogen) atoms. The highest BCUT2D eigenvalue weighted by atomic mass is 16.5. The van der Waals surface area contributed by atoms with Crippen molar-refractivity contribution in [2.75, 3.05) is 13.2 Å². The van der Waals surface area contributed by atoms with Crippen LogP contribution in [0.1, 0.15) is 36.8 Å². The monoisotopic (exact) mass is 325 g/mol. The highest BCUT2D eigenvalue weighted by Crippen LogP contribution is 2.16. The molecule has 2 aromatic rings. The summed E-state index contributed by atoms with van der Waals surface area (Å²) in [5.74, 6) is 1.02. The lowest BCUT2D eigenvalue weighted by atomic mass is 10.1. The van der Waals surface area contributed by atoms with E-state index in [0.717, 1.165) is 43.5 Å². The molecular formula is C21H27NO2. The van der Waals surface area contributed by atoms with Gasteiger partial charge in [-0.2, -0.15) is 0 Å². The summed E-state index contributed by atoms with van der Waals surface area (Å²) in [6, 6.07) is 18.4. The van der Waals surface area contributed by atoms with Gasteiger partial charge < -0.3 is 10.1 Å². The lowest BCUT2D eigenvalue weighted by Gasteiger charge is -2.09. The lowest BCUT2D eigenvalue weighted by molar-refractivity contribution is -0.121. The first-order valence-corrected chi connectivity index (χ1v) is 8.75. The van der Waals surface area contributed by atoms with Crippen LogP contribution >= 0.6 is 0 Å². The quantitative estimate of drug-likeness (QED) is 0.662. The molecule has 0 aromatic heterocycles. The van der Waals surface area contributed by atoms with Crippen LogP contribution < -0.4 is 10.1 Å². The summed E-state index contributed by atoms with van der Waals surface area (Å²) >= 11 is 0. The molecule has 0 atom stereocenters. The van der Waals surface area contributed by atoms with Gasteiger partial charge >= 0.3 is 0 Å². The molecule has 0 unspecified atom stereocenters. The maximum atomic E-state index is 11.8. The zero-order valence-electron chi connectivity index (χ0n) is 14.5. The number of para-hydroxylation sites is 1. The molecule has 0 aliphatic heterocycles. The summed E-state index contributed by atoms with van der Waals surface area (Å²) in [5.41, 5.74) is 2.48. The van der Waals surface area contributed by atoms with E-state index in [2.05, 4.69) is 29.6 Å². The molecule has 0 fully saturated rings. The first kappa shape index (κ1) is 18.1. The number of aryl methyl sites for hydroxylation is 2. The van der Waals surface area contributed by atoms with Crippen molar-refractivity contribution in [1.29, 1.82) is 0 Å². The predicted octanol–water partition coefficient (Wildman–Crippen LogP) is 4.29. The topological polar surface area (TPSA) is 38.3 Å². The minimum atomic E-state index is 0.114. The van der Waals surface area contributed by atoms with Gasteiger partial charge in [0.1, 0.15) is 5.75 Å². The van der Waals surface area contributed by atoms with E-state index in [1.54, 1.807) is 0 Å². The van der Waals surface area contributed by atoms with Crippen LogP contribution in [-0.2, 0) is 11.2 Å². The van der Waals surface area contributed by atoms with Crippen molar-refractivity contribution in [1.82, 2.24) is 5.32 Å². The minimum Gasteiger partial charge on any atom is -0.493 e. The molecule has 128 valence electrons. The molecule has 0 spiro atoms. The van der Waals surface area contributed by atoms with E-state index in [-0.39, 0.29) is 5.91 Å². The van der Waals surface area contributed by atoms with Crippen molar-refractivity contribution in [3.05, 3.63) is 65.7 Å². The third-order valence-electron chi connectivity index (χ3n) is 3.96. The second-order valence-corrected chi connectivity index (χ2v) is 6.01. The number of nitrogens with one attached hydrogen (secondary N) is 1. The molecule has 1 N–H and O–H groups in total. The van der Waals surface area contributed by atoms with Gasteiger partial charge in [-0.15, -0.1) is 0 Å². The number of unbranched alkanes of at least 4 members (excludes halogenated alkanes) is 1. The van der Waals surface area contributed by atoms with E-state index in [1.165, 1.54) is 5.56 Å². The van der Waals surface area contributed by atoms with Crippen molar-refractivity contribution < 1.29 is 9.53 Å². The van der Waals surface area contributed by atoms with Crippen molar-refractivity contribution in [3.8, 4) is 5.75 Å². The Morgan fingerprint density at radius 3 is 2.50 bits per heavy atom. The summed E-state index contributed by atoms with van der Waals surface area (Å²) in [6.07, 6.45) is 4.44. The van der Waals surface area contributed by atoms with Crippen LogP contribution in [0.2, 0.25) is 0 Å². The predicted molar refractivity (Wildman–Crippen MR) is 98.3 cm³/mol. The van der Waals surface area contributed by atoms with Gasteiger partial charge in [-0.25, -0.2) is 0 Å². The van der Waals surface area contributed by atoms with Crippen LogP contribution in [0.4, 0.5) is 0 Å². The normalized spacial score (nSPS) is 10.4. The maximum Gasteiger partial charge on any atom is 0.220 e. The lowest BCUT2D eigenvalue weighted by Crippen LogP contribution is -2.24. The third kappa shape index (κ3) is 6.86. The number of ether oxygens (including phenoxy) is 1. The molecule has 3 heteroatoms.